The van der Waals surface area contributed by atoms with Crippen molar-refractivity contribution in [3.63, 3.8) is 0 Å². The second-order valence-corrected chi connectivity index (χ2v) is 10.1. The fraction of sp³-hybridized carbons (Fsp3) is 0.355. The third-order valence-corrected chi connectivity index (χ3v) is 5.72. The van der Waals surface area contributed by atoms with Crippen LogP contribution in [0.1, 0.15) is 54.7 Å². The van der Waals surface area contributed by atoms with Crippen molar-refractivity contribution in [2.24, 2.45) is 0 Å². The number of aromatic nitrogens is 1. The van der Waals surface area contributed by atoms with Crippen LogP contribution in [0.3, 0.4) is 0 Å². The number of nitrogens with zero attached hydrogens (tertiary/aromatic N) is 2. The van der Waals surface area contributed by atoms with Gasteiger partial charge in [0.2, 0.25) is 0 Å². The van der Waals surface area contributed by atoms with Crippen LogP contribution in [0.25, 0.3) is 10.9 Å². The normalized spacial score (nSPS) is 10.7. The Balaban J connectivity index is 0.000000391. The molecule has 9 heteroatoms. The van der Waals surface area contributed by atoms with E-state index in [1.807, 2.05) is 63.3 Å². The van der Waals surface area contributed by atoms with Crippen molar-refractivity contribution in [2.75, 3.05) is 33.9 Å². The van der Waals surface area contributed by atoms with E-state index < -0.39 is 5.60 Å². The van der Waals surface area contributed by atoms with Gasteiger partial charge in [0.1, 0.15) is 11.4 Å². The number of Topliss-reactive ketones (excluding diaryl/α,β-unsaturated/α-hetero) is 1. The molecule has 40 heavy (non-hydrogen) atoms. The zero-order chi connectivity index (χ0) is 29.3. The monoisotopic (exact) mass is 542 g/mol. The van der Waals surface area contributed by atoms with Gasteiger partial charge in [-0.2, -0.15) is 31.0 Å². The molecule has 8 nitrogen and oxygen atoms in total. The average molecular weight is 543 g/mol. The molecule has 0 spiro atoms. The van der Waals surface area contributed by atoms with E-state index in [-0.39, 0.29) is 36.7 Å². The van der Waals surface area contributed by atoms with Crippen LogP contribution >= 0.6 is 0 Å². The van der Waals surface area contributed by atoms with E-state index in [9.17, 15) is 14.4 Å². The maximum absolute atomic E-state index is 12.2. The predicted octanol–water partition coefficient (Wildman–Crippen LogP) is 2.68. The number of hydrogen-bond donors (Lipinski definition) is 0. The summed E-state index contributed by atoms with van der Waals surface area (Å²) in [5.41, 5.74) is 3.52. The first-order chi connectivity index (χ1) is 18.3. The largest absolute Gasteiger partial charge is 1.00 e. The van der Waals surface area contributed by atoms with E-state index in [1.165, 1.54) is 11.7 Å². The summed E-state index contributed by atoms with van der Waals surface area (Å²) in [4.78, 5) is 36.5. The Hall–Kier alpha value is -3.31. The second kappa shape index (κ2) is 15.5. The summed E-state index contributed by atoms with van der Waals surface area (Å²) >= 11 is 0. The first kappa shape index (κ1) is 34.7. The molecular weight excluding hydrogens is 503 g/mol. The Morgan fingerprint density at radius 2 is 1.70 bits per heavy atom. The van der Waals surface area contributed by atoms with Gasteiger partial charge in [-0.15, -0.1) is 24.2 Å². The molecule has 0 fully saturated rings. The Morgan fingerprint density at radius 3 is 2.20 bits per heavy atom. The van der Waals surface area contributed by atoms with Crippen LogP contribution in [0, 0.1) is 27.2 Å². The van der Waals surface area contributed by atoms with E-state index in [0.29, 0.717) is 25.2 Å². The standard InChI is InChI=1S/C16H20NO3.C15H19NO3.Li/c1-10-9-13(19-6)11(2)12-7-8-17(14(10)12)15(18)20-16(3,4)5;1-4-16(11-12(2)17)10-9-13-5-7-14(8-6-13)15(18)19-3;/h7-9H,2H2,1,3-6H3;5-9H,1,4,10-11H2,2-3H3;/q-1;-2;+1. The Kier molecular flexibility index (Phi) is 13.4. The SMILES string of the molecule is [CH2-]CN(C[CH-]c1ccc(C(=O)OC)cc1)CC(C)=O.[CH2-]c1c(OC)cc(C)c2c1ccn2C(=O)OC(C)(C)C.[Li+]. The summed E-state index contributed by atoms with van der Waals surface area (Å²) in [6.07, 6.45) is 3.31. The molecule has 0 aliphatic rings. The molecule has 212 valence electrons. The first-order valence-corrected chi connectivity index (χ1v) is 12.6. The second-order valence-electron chi connectivity index (χ2n) is 10.1. The van der Waals surface area contributed by atoms with E-state index >= 15 is 0 Å². The number of benzene rings is 2. The summed E-state index contributed by atoms with van der Waals surface area (Å²) in [5.74, 6) is 0.498. The number of carbonyl (C=O) groups is 3. The molecule has 0 aliphatic carbocycles. The van der Waals surface area contributed by atoms with Crippen LogP contribution in [-0.2, 0) is 14.3 Å². The van der Waals surface area contributed by atoms with Crippen LogP contribution in [0.5, 0.6) is 5.75 Å². The number of esters is 1. The van der Waals surface area contributed by atoms with E-state index in [1.54, 1.807) is 32.4 Å². The van der Waals surface area contributed by atoms with Gasteiger partial charge in [0.15, 0.2) is 0 Å². The van der Waals surface area contributed by atoms with Gasteiger partial charge in [0, 0.05) is 23.0 Å². The molecule has 1 aromatic heterocycles. The molecule has 3 rings (SSSR count). The van der Waals surface area contributed by atoms with Crippen LogP contribution in [0.15, 0.2) is 42.6 Å². The maximum Gasteiger partial charge on any atom is 1.00 e. The van der Waals surface area contributed by atoms with Gasteiger partial charge in [0.25, 0.3) is 0 Å². The van der Waals surface area contributed by atoms with Gasteiger partial charge in [0.05, 0.1) is 20.8 Å². The minimum absolute atomic E-state index is 0. The summed E-state index contributed by atoms with van der Waals surface area (Å²) < 4.78 is 16.9. The number of carbonyl (C=O) groups excluding carboxylic acids is 3. The zero-order valence-corrected chi connectivity index (χ0v) is 25.0. The fourth-order valence-electron chi connectivity index (χ4n) is 3.87. The molecule has 0 N–H and O–H groups in total. The van der Waals surface area contributed by atoms with Gasteiger partial charge >= 0.3 is 30.9 Å². The summed E-state index contributed by atoms with van der Waals surface area (Å²) in [5, 5.41) is 0.896. The Labute approximate surface area is 250 Å². The molecule has 0 amide bonds. The summed E-state index contributed by atoms with van der Waals surface area (Å²) in [7, 11) is 2.97. The van der Waals surface area contributed by atoms with Crippen molar-refractivity contribution >= 4 is 28.7 Å². The molecule has 0 radical (unpaired) electrons. The van der Waals surface area contributed by atoms with Gasteiger partial charge in [-0.3, -0.25) is 9.36 Å². The summed E-state index contributed by atoms with van der Waals surface area (Å²) in [6.45, 7) is 18.5. The molecule has 0 bridgehead atoms. The van der Waals surface area contributed by atoms with E-state index in [0.717, 1.165) is 33.3 Å². The minimum Gasteiger partial charge on any atom is -0.554 e. The smallest absolute Gasteiger partial charge is 0.554 e. The van der Waals surface area contributed by atoms with Crippen molar-refractivity contribution in [3.8, 4) is 5.75 Å². The third kappa shape index (κ3) is 9.71. The number of rotatable bonds is 8. The van der Waals surface area contributed by atoms with Gasteiger partial charge in [-0.1, -0.05) is 17.5 Å². The molecule has 0 saturated carbocycles. The topological polar surface area (TPSA) is 87.1 Å². The number of fused-ring (bicyclic) bond motifs is 1. The van der Waals surface area contributed by atoms with Crippen molar-refractivity contribution in [1.29, 1.82) is 0 Å². The predicted molar refractivity (Wildman–Crippen MR) is 153 cm³/mol. The summed E-state index contributed by atoms with van der Waals surface area (Å²) in [6, 6.07) is 10.9. The maximum atomic E-state index is 12.2. The molecular formula is C31H39LiN2O6-2. The number of hydrogen-bond acceptors (Lipinski definition) is 7. The van der Waals surface area contributed by atoms with Crippen molar-refractivity contribution in [2.45, 2.75) is 40.2 Å². The van der Waals surface area contributed by atoms with Crippen molar-refractivity contribution in [1.82, 2.24) is 9.47 Å². The number of ketones is 1. The minimum atomic E-state index is -0.526. The molecule has 1 heterocycles. The van der Waals surface area contributed by atoms with Crippen LogP contribution in [-0.4, -0.2) is 66.8 Å². The third-order valence-electron chi connectivity index (χ3n) is 5.72. The van der Waals surface area contributed by atoms with Gasteiger partial charge in [-0.25, -0.2) is 9.59 Å². The van der Waals surface area contributed by atoms with Crippen LogP contribution < -0.4 is 23.6 Å². The molecule has 3 aromatic rings. The van der Waals surface area contributed by atoms with E-state index in [2.05, 4.69) is 18.6 Å². The van der Waals surface area contributed by atoms with E-state index in [4.69, 9.17) is 9.47 Å². The van der Waals surface area contributed by atoms with Crippen molar-refractivity contribution in [3.05, 3.63) is 85.1 Å². The Morgan fingerprint density at radius 1 is 1.07 bits per heavy atom. The van der Waals surface area contributed by atoms with Crippen LogP contribution in [0.2, 0.25) is 0 Å². The molecule has 2 aromatic carbocycles. The first-order valence-electron chi connectivity index (χ1n) is 12.6. The molecule has 0 unspecified atom stereocenters. The quantitative estimate of drug-likeness (QED) is 0.246. The number of aryl methyl sites for hydroxylation is 1. The van der Waals surface area contributed by atoms with Crippen LogP contribution in [0.4, 0.5) is 4.79 Å². The Bertz CT molecular complexity index is 1290. The average Bonchev–Trinajstić information content (AvgIpc) is 3.34. The number of methoxy groups -OCH3 is 2. The van der Waals surface area contributed by atoms with Crippen molar-refractivity contribution < 1.29 is 47.5 Å². The van der Waals surface area contributed by atoms with Gasteiger partial charge in [-0.05, 0) is 46.7 Å². The molecule has 0 aliphatic heterocycles. The molecule has 0 atom stereocenters. The fourth-order valence-corrected chi connectivity index (χ4v) is 3.87. The number of ether oxygens (including phenoxy) is 3. The van der Waals surface area contributed by atoms with Gasteiger partial charge < -0.3 is 26.0 Å². The molecule has 0 saturated heterocycles. The zero-order valence-electron chi connectivity index (χ0n) is 25.0.